The van der Waals surface area contributed by atoms with Crippen LogP contribution in [0.1, 0.15) is 92.7 Å². The average Bonchev–Trinajstić information content (AvgIpc) is 3.61. The summed E-state index contributed by atoms with van der Waals surface area (Å²) in [6.45, 7) is 11.4. The van der Waals surface area contributed by atoms with Crippen LogP contribution in [0.3, 0.4) is 0 Å². The van der Waals surface area contributed by atoms with Gasteiger partial charge in [0.25, 0.3) is 5.95 Å². The van der Waals surface area contributed by atoms with Gasteiger partial charge in [0.1, 0.15) is 5.39 Å². The van der Waals surface area contributed by atoms with Crippen molar-refractivity contribution < 1.29 is 24.5 Å². The molecule has 6 heterocycles. The predicted octanol–water partition coefficient (Wildman–Crippen LogP) is 6.24. The Hall–Kier alpha value is -4.86. The molecule has 10 heteroatoms. The number of allylic oxidation sites excluding steroid dienone is 2. The van der Waals surface area contributed by atoms with E-state index in [0.717, 1.165) is 45.7 Å². The molecule has 4 aromatic heterocycles. The predicted molar refractivity (Wildman–Crippen MR) is 166 cm³/mol. The molecule has 0 aliphatic carbocycles. The van der Waals surface area contributed by atoms with E-state index in [-0.39, 0.29) is 35.8 Å². The summed E-state index contributed by atoms with van der Waals surface area (Å²) in [5.41, 5.74) is 7.82. The largest absolute Gasteiger partial charge is 0.512 e. The second-order valence-electron chi connectivity index (χ2n) is 11.5. The van der Waals surface area contributed by atoms with Crippen molar-refractivity contribution in [2.24, 2.45) is 0 Å². The lowest BCUT2D eigenvalue weighted by molar-refractivity contribution is -0.137. The fourth-order valence-electron chi connectivity index (χ4n) is 6.70. The molecule has 1 unspecified atom stereocenters. The van der Waals surface area contributed by atoms with Crippen molar-refractivity contribution in [2.75, 3.05) is 0 Å². The average molecular weight is 583 g/mol. The zero-order valence-corrected chi connectivity index (χ0v) is 25.0. The highest BCUT2D eigenvalue weighted by Crippen LogP contribution is 2.43. The lowest BCUT2D eigenvalue weighted by Gasteiger charge is -2.15. The van der Waals surface area contributed by atoms with Gasteiger partial charge in [0, 0.05) is 40.4 Å². The Labute approximate surface area is 246 Å². The summed E-state index contributed by atoms with van der Waals surface area (Å²) in [6, 6.07) is 5.73. The second kappa shape index (κ2) is 10.1. The van der Waals surface area contributed by atoms with Gasteiger partial charge in [-0.3, -0.25) is 4.79 Å². The molecule has 0 amide bonds. The van der Waals surface area contributed by atoms with Gasteiger partial charge < -0.3 is 29.7 Å². The zero-order valence-electron chi connectivity index (χ0n) is 25.0. The van der Waals surface area contributed by atoms with E-state index in [1.54, 1.807) is 6.92 Å². The molecule has 2 atom stereocenters. The fourth-order valence-corrected chi connectivity index (χ4v) is 6.70. The standard InChI is InChI=1S/C33H34N4O6/c1-7-18-13(2)20-12-25-27(17(6)38)15(4)22(35-25)10-21-14(3)19(8-9-26(39)40)30(36-21)29-31-28(32(41)43-33(29)42)16(5)23(37-31)11-24(18)34-20/h10-12,14,19,35-36,38,41H,7-9H2,1-6H3,(H,39,40)/b21-10?,24-11?,25-12?,27-17+,30-29?/t14?,19-/m0/s1. The SMILES string of the molecule is CCC1=C(C)c2cc3[nH]c(cc4[nH]c(c5c(=O)oc(O)c6c(C)c(cc1n2)nc65)[C@@H](CCC(=O)O)C4C)c(C)/c3=C(/C)O. The minimum atomic E-state index is -0.938. The molecule has 0 saturated carbocycles. The number of aromatic nitrogens is 4. The molecule has 0 saturated heterocycles. The molecular weight excluding hydrogens is 548 g/mol. The Kier molecular flexibility index (Phi) is 6.67. The van der Waals surface area contributed by atoms with Crippen molar-refractivity contribution in [2.45, 2.75) is 72.6 Å². The first-order valence-electron chi connectivity index (χ1n) is 14.4. The molecule has 4 aromatic rings. The minimum Gasteiger partial charge on any atom is -0.512 e. The van der Waals surface area contributed by atoms with Crippen LogP contribution in [0.15, 0.2) is 27.4 Å². The van der Waals surface area contributed by atoms with E-state index < -0.39 is 17.5 Å². The van der Waals surface area contributed by atoms with Crippen molar-refractivity contribution in [3.05, 3.63) is 67.7 Å². The zero-order chi connectivity index (χ0) is 30.9. The van der Waals surface area contributed by atoms with Crippen LogP contribution in [0.25, 0.3) is 49.7 Å². The first-order valence-corrected chi connectivity index (χ1v) is 14.4. The van der Waals surface area contributed by atoms with E-state index in [2.05, 4.69) is 16.9 Å². The van der Waals surface area contributed by atoms with Gasteiger partial charge in [-0.1, -0.05) is 13.8 Å². The summed E-state index contributed by atoms with van der Waals surface area (Å²) in [5.74, 6) is -1.84. The molecule has 6 rings (SSSR count). The third-order valence-electron chi connectivity index (χ3n) is 9.03. The number of hydrogen-bond donors (Lipinski definition) is 5. The number of rotatable bonds is 4. The molecule has 2 aliphatic heterocycles. The Balaban J connectivity index is 1.87. The number of aromatic amines is 2. The summed E-state index contributed by atoms with van der Waals surface area (Å²) < 4.78 is 5.36. The van der Waals surface area contributed by atoms with Gasteiger partial charge in [0.15, 0.2) is 0 Å². The molecule has 0 spiro atoms. The number of nitrogens with zero attached hydrogens (tertiary/aromatic N) is 2. The number of aliphatic hydroxyl groups excluding tert-OH is 1. The first-order chi connectivity index (χ1) is 20.4. The van der Waals surface area contributed by atoms with E-state index in [1.807, 2.05) is 45.9 Å². The van der Waals surface area contributed by atoms with Crippen molar-refractivity contribution >= 4 is 55.7 Å². The highest BCUT2D eigenvalue weighted by molar-refractivity contribution is 6.04. The van der Waals surface area contributed by atoms with Crippen LogP contribution in [0.5, 0.6) is 5.95 Å². The number of aryl methyl sites for hydroxylation is 2. The molecule has 10 nitrogen and oxygen atoms in total. The Morgan fingerprint density at radius 1 is 1.00 bits per heavy atom. The first kappa shape index (κ1) is 28.3. The summed E-state index contributed by atoms with van der Waals surface area (Å²) in [7, 11) is 0. The smallest absolute Gasteiger partial charge is 0.349 e. The number of aliphatic carboxylic acids is 1. The molecule has 2 aliphatic rings. The van der Waals surface area contributed by atoms with Gasteiger partial charge in [-0.05, 0) is 81.0 Å². The Morgan fingerprint density at radius 3 is 2.42 bits per heavy atom. The monoisotopic (exact) mass is 582 g/mol. The molecule has 5 N–H and O–H groups in total. The van der Waals surface area contributed by atoms with Crippen LogP contribution in [0, 0.1) is 13.8 Å². The molecule has 222 valence electrons. The van der Waals surface area contributed by atoms with Crippen LogP contribution >= 0.6 is 0 Å². The number of aromatic hydroxyl groups is 1. The fraction of sp³-hybridized carbons (Fsp3) is 0.333. The van der Waals surface area contributed by atoms with Crippen LogP contribution in [0.4, 0.5) is 0 Å². The highest BCUT2D eigenvalue weighted by atomic mass is 16.5. The minimum absolute atomic E-state index is 0.0973. The number of hydrogen-bond acceptors (Lipinski definition) is 7. The van der Waals surface area contributed by atoms with Crippen LogP contribution in [-0.2, 0) is 4.79 Å². The lowest BCUT2D eigenvalue weighted by atomic mass is 9.86. The number of aliphatic hydroxyl groups is 1. The third kappa shape index (κ3) is 4.40. The number of nitrogens with one attached hydrogen (secondary N) is 2. The van der Waals surface area contributed by atoms with E-state index in [4.69, 9.17) is 14.4 Å². The van der Waals surface area contributed by atoms with Crippen molar-refractivity contribution in [3.8, 4) is 5.95 Å². The summed E-state index contributed by atoms with van der Waals surface area (Å²) in [5, 5.41) is 32.2. The topological polar surface area (TPSA) is 165 Å². The molecular formula is C33H34N4O6. The van der Waals surface area contributed by atoms with Gasteiger partial charge in [0.05, 0.1) is 39.1 Å². The molecule has 0 fully saturated rings. The van der Waals surface area contributed by atoms with Gasteiger partial charge in [0.2, 0.25) is 0 Å². The van der Waals surface area contributed by atoms with E-state index >= 15 is 0 Å². The molecule has 43 heavy (non-hydrogen) atoms. The van der Waals surface area contributed by atoms with E-state index in [0.29, 0.717) is 38.4 Å². The van der Waals surface area contributed by atoms with Gasteiger partial charge in [-0.25, -0.2) is 14.8 Å². The maximum absolute atomic E-state index is 13.4. The lowest BCUT2D eigenvalue weighted by Crippen LogP contribution is -2.09. The summed E-state index contributed by atoms with van der Waals surface area (Å²) in [6.07, 6.45) is 0.894. The number of fused-ring (bicyclic) bond motifs is 8. The van der Waals surface area contributed by atoms with Gasteiger partial charge >= 0.3 is 11.6 Å². The van der Waals surface area contributed by atoms with Gasteiger partial charge in [-0.15, -0.1) is 0 Å². The van der Waals surface area contributed by atoms with Crippen molar-refractivity contribution in [1.82, 2.24) is 19.9 Å². The molecule has 0 radical (unpaired) electrons. The van der Waals surface area contributed by atoms with Crippen LogP contribution in [0.2, 0.25) is 0 Å². The van der Waals surface area contributed by atoms with Crippen molar-refractivity contribution in [1.29, 1.82) is 0 Å². The summed E-state index contributed by atoms with van der Waals surface area (Å²) >= 11 is 0. The quantitative estimate of drug-likeness (QED) is 0.189. The molecule has 0 aromatic carbocycles. The maximum atomic E-state index is 13.4. The number of carboxylic acid groups (broad SMARTS) is 1. The number of carboxylic acids is 1. The normalized spacial score (nSPS) is 17.6. The summed E-state index contributed by atoms with van der Waals surface area (Å²) in [4.78, 5) is 41.7. The number of carbonyl (C=O) groups is 1. The van der Waals surface area contributed by atoms with Crippen LogP contribution < -0.4 is 10.8 Å². The molecule has 8 bridgehead atoms. The van der Waals surface area contributed by atoms with E-state index in [1.165, 1.54) is 0 Å². The van der Waals surface area contributed by atoms with E-state index in [9.17, 15) is 24.9 Å². The number of H-pyrrole nitrogens is 2. The Bertz CT molecular complexity index is 2160. The van der Waals surface area contributed by atoms with Gasteiger partial charge in [-0.2, -0.15) is 0 Å². The highest BCUT2D eigenvalue weighted by Gasteiger charge is 2.32. The third-order valence-corrected chi connectivity index (χ3v) is 9.03. The van der Waals surface area contributed by atoms with Crippen molar-refractivity contribution in [3.63, 3.8) is 0 Å². The Morgan fingerprint density at radius 2 is 1.74 bits per heavy atom. The maximum Gasteiger partial charge on any atom is 0.349 e. The second-order valence-corrected chi connectivity index (χ2v) is 11.5. The van der Waals surface area contributed by atoms with Crippen LogP contribution in [-0.4, -0.2) is 41.2 Å².